The minimum atomic E-state index is 0.526. The highest BCUT2D eigenvalue weighted by Gasteiger charge is 2.22. The van der Waals surface area contributed by atoms with E-state index in [1.54, 1.807) is 0 Å². The maximum absolute atomic E-state index is 6.06. The molecule has 1 aliphatic rings. The molecule has 0 amide bonds. The Hall–Kier alpha value is -0.820. The monoisotopic (exact) mass is 260 g/mol. The van der Waals surface area contributed by atoms with Gasteiger partial charge in [0.15, 0.2) is 0 Å². The van der Waals surface area contributed by atoms with Crippen LogP contribution in [0.1, 0.15) is 68.9 Å². The van der Waals surface area contributed by atoms with Crippen molar-refractivity contribution in [1.29, 1.82) is 0 Å². The molecule has 0 aliphatic carbocycles. The van der Waals surface area contributed by atoms with E-state index >= 15 is 0 Å². The smallest absolute Gasteiger partial charge is 0.0575 e. The fraction of sp³-hybridized carbons (Fsp3) is 0.667. The van der Waals surface area contributed by atoms with Gasteiger partial charge in [0, 0.05) is 5.92 Å². The van der Waals surface area contributed by atoms with Crippen LogP contribution in [0.4, 0.5) is 0 Å². The zero-order valence-corrected chi connectivity index (χ0v) is 12.5. The number of hydrogen-bond acceptors (Lipinski definition) is 1. The fourth-order valence-electron chi connectivity index (χ4n) is 2.93. The van der Waals surface area contributed by atoms with Crippen molar-refractivity contribution in [2.24, 2.45) is 0 Å². The third-order valence-corrected chi connectivity index (χ3v) is 4.30. The summed E-state index contributed by atoms with van der Waals surface area (Å²) in [5, 5.41) is 0. The Balaban J connectivity index is 1.71. The molecule has 2 atom stereocenters. The molecule has 0 radical (unpaired) electrons. The molecule has 19 heavy (non-hydrogen) atoms. The lowest BCUT2D eigenvalue weighted by molar-refractivity contribution is -0.00212. The van der Waals surface area contributed by atoms with E-state index in [1.807, 2.05) is 0 Å². The molecule has 1 fully saturated rings. The molecule has 2 unspecified atom stereocenters. The zero-order valence-electron chi connectivity index (χ0n) is 12.5. The number of unbranched alkanes of at least 4 members (excludes halogenated alkanes) is 3. The van der Waals surface area contributed by atoms with Crippen LogP contribution in [0.3, 0.4) is 0 Å². The minimum absolute atomic E-state index is 0.526. The Morgan fingerprint density at radius 1 is 1.05 bits per heavy atom. The highest BCUT2D eigenvalue weighted by Crippen LogP contribution is 2.30. The zero-order chi connectivity index (χ0) is 13.5. The van der Waals surface area contributed by atoms with Gasteiger partial charge in [-0.25, -0.2) is 0 Å². The first-order valence-electron chi connectivity index (χ1n) is 7.97. The van der Waals surface area contributed by atoms with Crippen LogP contribution in [-0.4, -0.2) is 12.7 Å². The van der Waals surface area contributed by atoms with E-state index < -0.39 is 0 Å². The number of ether oxygens (including phenoxy) is 1. The van der Waals surface area contributed by atoms with Crippen LogP contribution in [0.5, 0.6) is 0 Å². The molecule has 0 saturated carbocycles. The van der Waals surface area contributed by atoms with Gasteiger partial charge < -0.3 is 4.74 Å². The summed E-state index contributed by atoms with van der Waals surface area (Å²) in [4.78, 5) is 0. The number of aryl methyl sites for hydroxylation is 1. The second kappa shape index (κ2) is 7.69. The van der Waals surface area contributed by atoms with E-state index in [0.717, 1.165) is 6.61 Å². The Morgan fingerprint density at radius 2 is 1.84 bits per heavy atom. The number of rotatable bonds is 6. The molecule has 1 aliphatic heterocycles. The first-order chi connectivity index (χ1) is 9.29. The van der Waals surface area contributed by atoms with E-state index in [0.29, 0.717) is 12.0 Å². The van der Waals surface area contributed by atoms with Gasteiger partial charge in [-0.3, -0.25) is 0 Å². The van der Waals surface area contributed by atoms with Gasteiger partial charge in [-0.1, -0.05) is 62.4 Å². The van der Waals surface area contributed by atoms with Crippen molar-refractivity contribution in [3.63, 3.8) is 0 Å². The van der Waals surface area contributed by atoms with Crippen molar-refractivity contribution in [3.8, 4) is 0 Å². The third-order valence-electron chi connectivity index (χ3n) is 4.30. The highest BCUT2D eigenvalue weighted by atomic mass is 16.5. The van der Waals surface area contributed by atoms with E-state index in [-0.39, 0.29) is 0 Å². The average Bonchev–Trinajstić information content (AvgIpc) is 2.45. The summed E-state index contributed by atoms with van der Waals surface area (Å²) in [5.74, 6) is 0.618. The molecule has 1 nitrogen and oxygen atoms in total. The second-order valence-electron chi connectivity index (χ2n) is 5.99. The largest absolute Gasteiger partial charge is 0.378 e. The molecule has 1 saturated heterocycles. The molecule has 0 bridgehead atoms. The summed E-state index contributed by atoms with van der Waals surface area (Å²) in [7, 11) is 0. The van der Waals surface area contributed by atoms with Crippen LogP contribution < -0.4 is 0 Å². The van der Waals surface area contributed by atoms with E-state index in [1.165, 1.54) is 56.1 Å². The van der Waals surface area contributed by atoms with Crippen molar-refractivity contribution in [1.82, 2.24) is 0 Å². The molecule has 1 heterocycles. The number of hydrogen-bond donors (Lipinski definition) is 0. The molecule has 0 aromatic heterocycles. The second-order valence-corrected chi connectivity index (χ2v) is 5.99. The summed E-state index contributed by atoms with van der Waals surface area (Å²) in [6, 6.07) is 8.97. The third kappa shape index (κ3) is 4.65. The van der Waals surface area contributed by atoms with Crippen LogP contribution in [-0.2, 0) is 4.74 Å². The van der Waals surface area contributed by atoms with E-state index in [4.69, 9.17) is 4.74 Å². The Bertz CT molecular complexity index is 346. The normalized spacial score (nSPS) is 23.5. The Labute approximate surface area is 118 Å². The van der Waals surface area contributed by atoms with Gasteiger partial charge in [-0.05, 0) is 31.7 Å². The van der Waals surface area contributed by atoms with Crippen LogP contribution in [0.2, 0.25) is 0 Å². The molecular formula is C18H28O. The first kappa shape index (κ1) is 14.6. The maximum atomic E-state index is 6.06. The molecular weight excluding hydrogens is 232 g/mol. The van der Waals surface area contributed by atoms with Gasteiger partial charge in [0.25, 0.3) is 0 Å². The van der Waals surface area contributed by atoms with Crippen molar-refractivity contribution in [3.05, 3.63) is 35.4 Å². The van der Waals surface area contributed by atoms with Crippen LogP contribution in [0, 0.1) is 6.92 Å². The van der Waals surface area contributed by atoms with E-state index in [9.17, 15) is 0 Å². The summed E-state index contributed by atoms with van der Waals surface area (Å²) >= 11 is 0. The van der Waals surface area contributed by atoms with Gasteiger partial charge in [-0.15, -0.1) is 0 Å². The molecule has 0 N–H and O–H groups in total. The van der Waals surface area contributed by atoms with Gasteiger partial charge in [-0.2, -0.15) is 0 Å². The lowest BCUT2D eigenvalue weighted by atomic mass is 9.90. The average molecular weight is 260 g/mol. The molecule has 1 aromatic carbocycles. The lowest BCUT2D eigenvalue weighted by Crippen LogP contribution is -2.24. The highest BCUT2D eigenvalue weighted by molar-refractivity contribution is 5.24. The lowest BCUT2D eigenvalue weighted by Gasteiger charge is -2.29. The first-order valence-corrected chi connectivity index (χ1v) is 7.97. The standard InChI is InChI=1S/C18H28O/c1-3-4-5-6-7-18-13-12-17(14-19-18)16-10-8-15(2)9-11-16/h8-11,17-18H,3-7,12-14H2,1-2H3. The maximum Gasteiger partial charge on any atom is 0.0575 e. The summed E-state index contributed by atoms with van der Waals surface area (Å²) in [5.41, 5.74) is 2.80. The quantitative estimate of drug-likeness (QED) is 0.636. The van der Waals surface area contributed by atoms with Gasteiger partial charge in [0.1, 0.15) is 0 Å². The summed E-state index contributed by atoms with van der Waals surface area (Å²) in [6.07, 6.45) is 9.73. The SMILES string of the molecule is CCCCCCC1CCC(c2ccc(C)cc2)CO1. The van der Waals surface area contributed by atoms with Gasteiger partial charge in [0.2, 0.25) is 0 Å². The number of benzene rings is 1. The van der Waals surface area contributed by atoms with Crippen molar-refractivity contribution in [2.45, 2.75) is 70.8 Å². The molecule has 1 heteroatoms. The fourth-order valence-corrected chi connectivity index (χ4v) is 2.93. The van der Waals surface area contributed by atoms with Crippen molar-refractivity contribution < 1.29 is 4.74 Å². The van der Waals surface area contributed by atoms with Crippen molar-refractivity contribution >= 4 is 0 Å². The van der Waals surface area contributed by atoms with Crippen LogP contribution in [0.15, 0.2) is 24.3 Å². The van der Waals surface area contributed by atoms with Crippen molar-refractivity contribution in [2.75, 3.05) is 6.61 Å². The van der Waals surface area contributed by atoms with Crippen LogP contribution >= 0.6 is 0 Å². The molecule has 0 spiro atoms. The topological polar surface area (TPSA) is 9.23 Å². The van der Waals surface area contributed by atoms with Gasteiger partial charge in [0.05, 0.1) is 12.7 Å². The minimum Gasteiger partial charge on any atom is -0.378 e. The predicted molar refractivity (Wildman–Crippen MR) is 81.7 cm³/mol. The Kier molecular flexibility index (Phi) is 5.91. The molecule has 1 aromatic rings. The Morgan fingerprint density at radius 3 is 2.47 bits per heavy atom. The predicted octanol–water partition coefficient (Wildman–Crippen LogP) is 5.23. The summed E-state index contributed by atoms with van der Waals surface area (Å²) < 4.78 is 6.06. The van der Waals surface area contributed by atoms with Gasteiger partial charge >= 0.3 is 0 Å². The van der Waals surface area contributed by atoms with Crippen LogP contribution in [0.25, 0.3) is 0 Å². The molecule has 2 rings (SSSR count). The molecule has 106 valence electrons. The summed E-state index contributed by atoms with van der Waals surface area (Å²) in [6.45, 7) is 5.33. The van der Waals surface area contributed by atoms with E-state index in [2.05, 4.69) is 38.1 Å².